The summed E-state index contributed by atoms with van der Waals surface area (Å²) in [6.07, 6.45) is 5.47. The van der Waals surface area contributed by atoms with Crippen molar-refractivity contribution in [3.63, 3.8) is 0 Å². The quantitative estimate of drug-likeness (QED) is 0.563. The van der Waals surface area contributed by atoms with Crippen LogP contribution in [0.15, 0.2) is 30.5 Å². The van der Waals surface area contributed by atoms with Crippen molar-refractivity contribution in [3.05, 3.63) is 36.0 Å². The van der Waals surface area contributed by atoms with Crippen molar-refractivity contribution >= 4 is 22.2 Å². The van der Waals surface area contributed by atoms with E-state index in [0.717, 1.165) is 25.2 Å². The molecule has 0 saturated carbocycles. The molecule has 4 heteroatoms. The van der Waals surface area contributed by atoms with E-state index in [4.69, 9.17) is 4.84 Å². The van der Waals surface area contributed by atoms with E-state index < -0.39 is 0 Å². The van der Waals surface area contributed by atoms with Crippen LogP contribution in [0, 0.1) is 0 Å². The Morgan fingerprint density at radius 3 is 3.06 bits per heavy atom. The summed E-state index contributed by atoms with van der Waals surface area (Å²) >= 11 is 0. The number of rotatable bonds is 3. The second-order valence-corrected chi connectivity index (χ2v) is 4.54. The van der Waals surface area contributed by atoms with E-state index in [1.807, 2.05) is 0 Å². The lowest BCUT2D eigenvalue weighted by Crippen LogP contribution is -2.75. The van der Waals surface area contributed by atoms with Crippen molar-refractivity contribution in [2.75, 3.05) is 20.2 Å². The van der Waals surface area contributed by atoms with Gasteiger partial charge < -0.3 is 10.3 Å². The van der Waals surface area contributed by atoms with Crippen LogP contribution in [0.2, 0.25) is 0 Å². The normalized spacial score (nSPS) is 15.9. The van der Waals surface area contributed by atoms with Crippen LogP contribution in [0.1, 0.15) is 12.0 Å². The van der Waals surface area contributed by atoms with Gasteiger partial charge in [0.15, 0.2) is 5.69 Å². The minimum Gasteiger partial charge on any atom is -0.361 e. The maximum absolute atomic E-state index is 5.08. The van der Waals surface area contributed by atoms with Gasteiger partial charge in [0.05, 0.1) is 7.11 Å². The summed E-state index contributed by atoms with van der Waals surface area (Å²) in [5, 5.41) is 4.62. The highest BCUT2D eigenvalue weighted by molar-refractivity contribution is 5.94. The fourth-order valence-electron chi connectivity index (χ4n) is 2.48. The number of aromatic nitrogens is 1. The molecule has 1 aromatic carbocycles. The summed E-state index contributed by atoms with van der Waals surface area (Å²) in [6.45, 7) is 2.02. The highest BCUT2D eigenvalue weighted by Crippen LogP contribution is 2.28. The second-order valence-electron chi connectivity index (χ2n) is 4.54. The van der Waals surface area contributed by atoms with Crippen molar-refractivity contribution in [1.29, 1.82) is 0 Å². The first kappa shape index (κ1) is 11.5. The molecular formula is C14H18N3O+. The minimum absolute atomic E-state index is 0.964. The van der Waals surface area contributed by atoms with Gasteiger partial charge in [-0.05, 0) is 24.6 Å². The molecule has 0 radical (unpaired) electrons. The van der Waals surface area contributed by atoms with Gasteiger partial charge in [-0.25, -0.2) is 4.84 Å². The van der Waals surface area contributed by atoms with E-state index in [2.05, 4.69) is 40.8 Å². The van der Waals surface area contributed by atoms with Crippen LogP contribution in [0.4, 0.5) is 5.69 Å². The first-order valence-electron chi connectivity index (χ1n) is 6.26. The van der Waals surface area contributed by atoms with Crippen molar-refractivity contribution < 1.29 is 10.3 Å². The molecule has 2 heterocycles. The third kappa shape index (κ3) is 2.06. The molecule has 1 aromatic heterocycles. The lowest BCUT2D eigenvalue weighted by molar-refractivity contribution is -0.830. The maximum atomic E-state index is 5.08. The van der Waals surface area contributed by atoms with Gasteiger partial charge in [-0.3, -0.25) is 0 Å². The van der Waals surface area contributed by atoms with Gasteiger partial charge in [-0.15, -0.1) is 0 Å². The van der Waals surface area contributed by atoms with Gasteiger partial charge in [-0.2, -0.15) is 5.48 Å². The van der Waals surface area contributed by atoms with E-state index in [1.54, 1.807) is 12.6 Å². The third-order valence-corrected chi connectivity index (χ3v) is 3.37. The molecular weight excluding hydrogens is 226 g/mol. The van der Waals surface area contributed by atoms with Gasteiger partial charge in [0.25, 0.3) is 0 Å². The Balaban J connectivity index is 2.06. The van der Waals surface area contributed by atoms with Gasteiger partial charge in [0.2, 0.25) is 0 Å². The van der Waals surface area contributed by atoms with E-state index in [-0.39, 0.29) is 0 Å². The largest absolute Gasteiger partial charge is 0.361 e. The van der Waals surface area contributed by atoms with E-state index in [9.17, 15) is 0 Å². The molecule has 1 aliphatic rings. The van der Waals surface area contributed by atoms with Crippen LogP contribution in [0.3, 0.4) is 0 Å². The molecule has 2 aromatic rings. The van der Waals surface area contributed by atoms with Crippen LogP contribution in [0.5, 0.6) is 0 Å². The summed E-state index contributed by atoms with van der Waals surface area (Å²) in [7, 11) is 1.68. The second kappa shape index (κ2) is 4.94. The fourth-order valence-corrected chi connectivity index (χ4v) is 2.48. The predicted molar refractivity (Wildman–Crippen MR) is 72.4 cm³/mol. The highest BCUT2D eigenvalue weighted by Gasteiger charge is 2.12. The van der Waals surface area contributed by atoms with Crippen molar-refractivity contribution in [2.24, 2.45) is 0 Å². The number of quaternary nitrogens is 1. The maximum Gasteiger partial charge on any atom is 0.162 e. The SMILES string of the molecule is CO[NH2+]c1ccc2[nH]cc(C3=CCNCC3)c2c1. The average molecular weight is 244 g/mol. The fraction of sp³-hybridized carbons (Fsp3) is 0.286. The highest BCUT2D eigenvalue weighted by atomic mass is 16.6. The topological polar surface area (TPSA) is 53.7 Å². The number of hydrogen-bond acceptors (Lipinski definition) is 2. The lowest BCUT2D eigenvalue weighted by atomic mass is 9.99. The summed E-state index contributed by atoms with van der Waals surface area (Å²) in [4.78, 5) is 8.42. The Hall–Kier alpha value is -1.62. The third-order valence-electron chi connectivity index (χ3n) is 3.37. The lowest BCUT2D eigenvalue weighted by Gasteiger charge is -2.13. The number of hydrogen-bond donors (Lipinski definition) is 3. The van der Waals surface area contributed by atoms with Crippen molar-refractivity contribution in [3.8, 4) is 0 Å². The summed E-state index contributed by atoms with van der Waals surface area (Å²) in [5.41, 5.74) is 6.79. The number of aromatic amines is 1. The molecule has 1 aliphatic heterocycles. The molecule has 0 aliphatic carbocycles. The Morgan fingerprint density at radius 2 is 2.28 bits per heavy atom. The van der Waals surface area contributed by atoms with Crippen LogP contribution in [-0.4, -0.2) is 25.2 Å². The van der Waals surface area contributed by atoms with E-state index in [1.165, 1.54) is 22.0 Å². The Kier molecular flexibility index (Phi) is 3.15. The molecule has 18 heavy (non-hydrogen) atoms. The first-order valence-corrected chi connectivity index (χ1v) is 6.26. The zero-order chi connectivity index (χ0) is 12.4. The van der Waals surface area contributed by atoms with Crippen LogP contribution < -0.4 is 10.8 Å². The number of nitrogens with one attached hydrogen (secondary N) is 2. The molecule has 0 amide bonds. The zero-order valence-electron chi connectivity index (χ0n) is 10.5. The smallest absolute Gasteiger partial charge is 0.162 e. The molecule has 0 unspecified atom stereocenters. The van der Waals surface area contributed by atoms with Crippen molar-refractivity contribution in [1.82, 2.24) is 10.3 Å². The van der Waals surface area contributed by atoms with Gasteiger partial charge in [0.1, 0.15) is 0 Å². The molecule has 0 spiro atoms. The van der Waals surface area contributed by atoms with Gasteiger partial charge in [0, 0.05) is 41.3 Å². The van der Waals surface area contributed by atoms with Crippen LogP contribution >= 0.6 is 0 Å². The molecule has 3 rings (SSSR count). The molecule has 0 saturated heterocycles. The first-order chi connectivity index (χ1) is 8.88. The molecule has 4 N–H and O–H groups in total. The molecule has 4 nitrogen and oxygen atoms in total. The monoisotopic (exact) mass is 244 g/mol. The minimum atomic E-state index is 0.964. The number of H-pyrrole nitrogens is 1. The number of nitrogens with two attached hydrogens (primary N) is 1. The van der Waals surface area contributed by atoms with Crippen molar-refractivity contribution in [2.45, 2.75) is 6.42 Å². The average Bonchev–Trinajstić information content (AvgIpc) is 2.83. The number of benzene rings is 1. The van der Waals surface area contributed by atoms with E-state index >= 15 is 0 Å². The molecule has 0 atom stereocenters. The molecule has 0 bridgehead atoms. The van der Waals surface area contributed by atoms with Crippen LogP contribution in [0.25, 0.3) is 16.5 Å². The molecule has 0 fully saturated rings. The summed E-state index contributed by atoms with van der Waals surface area (Å²) in [5.74, 6) is 0. The Bertz CT molecular complexity index is 586. The summed E-state index contributed by atoms with van der Waals surface area (Å²) < 4.78 is 0. The predicted octanol–water partition coefficient (Wildman–Crippen LogP) is 1.30. The number of fused-ring (bicyclic) bond motifs is 1. The Labute approximate surface area is 106 Å². The Morgan fingerprint density at radius 1 is 1.33 bits per heavy atom. The van der Waals surface area contributed by atoms with Gasteiger partial charge >= 0.3 is 0 Å². The zero-order valence-corrected chi connectivity index (χ0v) is 10.5. The molecule has 94 valence electrons. The standard InChI is InChI=1S/C14H17N3O/c1-18-17-11-2-3-14-12(8-11)13(9-16-14)10-4-6-15-7-5-10/h2-4,8-9,15-17H,5-7H2,1H3/p+1. The van der Waals surface area contributed by atoms with Gasteiger partial charge in [-0.1, -0.05) is 6.08 Å². The summed E-state index contributed by atoms with van der Waals surface area (Å²) in [6, 6.07) is 6.34. The van der Waals surface area contributed by atoms with E-state index in [0.29, 0.717) is 0 Å². The van der Waals surface area contributed by atoms with Crippen LogP contribution in [-0.2, 0) is 4.84 Å².